The van der Waals surface area contributed by atoms with E-state index in [1.807, 2.05) is 13.8 Å². The number of aromatic nitrogens is 1. The van der Waals surface area contributed by atoms with Gasteiger partial charge in [0.05, 0.1) is 12.7 Å². The molecule has 1 heterocycles. The maximum absolute atomic E-state index is 11.8. The average molecular weight is 252 g/mol. The van der Waals surface area contributed by atoms with Gasteiger partial charge in [-0.1, -0.05) is 6.92 Å². The van der Waals surface area contributed by atoms with E-state index in [4.69, 9.17) is 9.84 Å². The van der Waals surface area contributed by atoms with Crippen molar-refractivity contribution in [3.05, 3.63) is 23.9 Å². The number of amides is 1. The third-order valence-electron chi connectivity index (χ3n) is 2.55. The van der Waals surface area contributed by atoms with Crippen LogP contribution in [0, 0.1) is 0 Å². The van der Waals surface area contributed by atoms with Crippen molar-refractivity contribution in [1.82, 2.24) is 10.3 Å². The predicted octanol–water partition coefficient (Wildman–Crippen LogP) is 1.37. The fourth-order valence-corrected chi connectivity index (χ4v) is 1.26. The topological polar surface area (TPSA) is 71.5 Å². The number of nitrogens with one attached hydrogen (secondary N) is 1. The number of nitrogens with zero attached hydrogens (tertiary/aromatic N) is 1. The van der Waals surface area contributed by atoms with Gasteiger partial charge in [-0.25, -0.2) is 4.98 Å². The van der Waals surface area contributed by atoms with Crippen LogP contribution in [0.15, 0.2) is 18.3 Å². The van der Waals surface area contributed by atoms with Gasteiger partial charge in [-0.05, 0) is 26.3 Å². The molecule has 5 heteroatoms. The van der Waals surface area contributed by atoms with Gasteiger partial charge in [0.1, 0.15) is 0 Å². The lowest BCUT2D eigenvalue weighted by molar-refractivity contribution is 0.0921. The lowest BCUT2D eigenvalue weighted by atomic mass is 10.2. The second kappa shape index (κ2) is 6.96. The zero-order chi connectivity index (χ0) is 13.5. The van der Waals surface area contributed by atoms with E-state index in [-0.39, 0.29) is 24.7 Å². The summed E-state index contributed by atoms with van der Waals surface area (Å²) in [4.78, 5) is 15.9. The van der Waals surface area contributed by atoms with E-state index in [1.165, 1.54) is 6.20 Å². The number of aliphatic hydroxyl groups is 1. The molecule has 0 bridgehead atoms. The van der Waals surface area contributed by atoms with Crippen LogP contribution in [-0.2, 0) is 0 Å². The van der Waals surface area contributed by atoms with Crippen LogP contribution < -0.4 is 10.1 Å². The smallest absolute Gasteiger partial charge is 0.251 e. The summed E-state index contributed by atoms with van der Waals surface area (Å²) in [7, 11) is 0. The summed E-state index contributed by atoms with van der Waals surface area (Å²) in [5.41, 5.74) is 0.476. The normalized spacial score (nSPS) is 13.8. The number of aliphatic hydroxyl groups excluding tert-OH is 1. The molecule has 0 aliphatic rings. The molecule has 1 aromatic heterocycles. The Balaban J connectivity index is 2.72. The monoisotopic (exact) mass is 252 g/mol. The molecular weight excluding hydrogens is 232 g/mol. The van der Waals surface area contributed by atoms with Crippen LogP contribution >= 0.6 is 0 Å². The Bertz CT molecular complexity index is 396. The molecule has 1 aromatic rings. The van der Waals surface area contributed by atoms with Crippen LogP contribution in [0.25, 0.3) is 0 Å². The summed E-state index contributed by atoms with van der Waals surface area (Å²) in [6.07, 6.45) is 2.47. The first-order valence-corrected chi connectivity index (χ1v) is 6.11. The summed E-state index contributed by atoms with van der Waals surface area (Å²) in [5.74, 6) is 0.196. The van der Waals surface area contributed by atoms with E-state index in [2.05, 4.69) is 10.3 Å². The minimum absolute atomic E-state index is 0.0622. The third-order valence-corrected chi connectivity index (χ3v) is 2.55. The summed E-state index contributed by atoms with van der Waals surface area (Å²) in [6, 6.07) is 2.94. The molecule has 1 amide bonds. The molecule has 0 saturated heterocycles. The van der Waals surface area contributed by atoms with Crippen LogP contribution in [0.2, 0.25) is 0 Å². The van der Waals surface area contributed by atoms with Crippen molar-refractivity contribution in [2.45, 2.75) is 39.3 Å². The van der Waals surface area contributed by atoms with Gasteiger partial charge in [-0.15, -0.1) is 0 Å². The van der Waals surface area contributed by atoms with E-state index in [1.54, 1.807) is 19.1 Å². The molecule has 0 aliphatic heterocycles. The summed E-state index contributed by atoms with van der Waals surface area (Å²) < 4.78 is 5.55. The highest BCUT2D eigenvalue weighted by molar-refractivity contribution is 5.94. The molecule has 1 rings (SSSR count). The highest BCUT2D eigenvalue weighted by Crippen LogP contribution is 2.12. The van der Waals surface area contributed by atoms with Gasteiger partial charge in [0.25, 0.3) is 5.91 Å². The molecule has 2 N–H and O–H groups in total. The maximum atomic E-state index is 11.8. The molecule has 2 atom stereocenters. The minimum Gasteiger partial charge on any atom is -0.475 e. The van der Waals surface area contributed by atoms with Gasteiger partial charge in [-0.3, -0.25) is 4.79 Å². The number of carbonyl (C=O) groups excluding carboxylic acids is 1. The first kappa shape index (κ1) is 14.4. The fourth-order valence-electron chi connectivity index (χ4n) is 1.26. The Morgan fingerprint density at radius 1 is 1.56 bits per heavy atom. The van der Waals surface area contributed by atoms with Crippen LogP contribution in [-0.4, -0.2) is 34.8 Å². The first-order chi connectivity index (χ1) is 8.56. The molecule has 0 fully saturated rings. The number of rotatable bonds is 6. The largest absolute Gasteiger partial charge is 0.475 e. The summed E-state index contributed by atoms with van der Waals surface area (Å²) >= 11 is 0. The molecule has 18 heavy (non-hydrogen) atoms. The summed E-state index contributed by atoms with van der Waals surface area (Å²) in [6.45, 7) is 5.61. The highest BCUT2D eigenvalue weighted by Gasteiger charge is 2.11. The van der Waals surface area contributed by atoms with Crippen molar-refractivity contribution in [1.29, 1.82) is 0 Å². The molecular formula is C13H20N2O3. The zero-order valence-electron chi connectivity index (χ0n) is 11.0. The molecule has 0 radical (unpaired) electrons. The van der Waals surface area contributed by atoms with Crippen molar-refractivity contribution in [3.63, 3.8) is 0 Å². The standard InChI is InChI=1S/C13H20N2O3/c1-4-10(3)18-12-7-11(5-6-14-12)13(17)15-9(2)8-16/h5-7,9-10,16H,4,8H2,1-3H3,(H,15,17)/t9-,10?/m0/s1. The molecule has 100 valence electrons. The van der Waals surface area contributed by atoms with Gasteiger partial charge in [0, 0.05) is 23.9 Å². The maximum Gasteiger partial charge on any atom is 0.251 e. The van der Waals surface area contributed by atoms with Crippen LogP contribution in [0.5, 0.6) is 5.88 Å². The number of carbonyl (C=O) groups is 1. The van der Waals surface area contributed by atoms with E-state index in [9.17, 15) is 4.79 Å². The molecule has 0 spiro atoms. The van der Waals surface area contributed by atoms with Crippen molar-refractivity contribution < 1.29 is 14.6 Å². The molecule has 1 unspecified atom stereocenters. The van der Waals surface area contributed by atoms with E-state index >= 15 is 0 Å². The van der Waals surface area contributed by atoms with Crippen molar-refractivity contribution in [2.75, 3.05) is 6.61 Å². The first-order valence-electron chi connectivity index (χ1n) is 6.11. The lowest BCUT2D eigenvalue weighted by Gasteiger charge is -2.13. The van der Waals surface area contributed by atoms with Crippen molar-refractivity contribution in [3.8, 4) is 5.88 Å². The van der Waals surface area contributed by atoms with E-state index in [0.717, 1.165) is 6.42 Å². The SMILES string of the molecule is CCC(C)Oc1cc(C(=O)N[C@@H](C)CO)ccn1. The minimum atomic E-state index is -0.274. The Labute approximate surface area is 107 Å². The Morgan fingerprint density at radius 2 is 2.28 bits per heavy atom. The number of hydrogen-bond donors (Lipinski definition) is 2. The Morgan fingerprint density at radius 3 is 2.89 bits per heavy atom. The van der Waals surface area contributed by atoms with Gasteiger partial charge in [0.2, 0.25) is 5.88 Å². The van der Waals surface area contributed by atoms with Crippen LogP contribution in [0.1, 0.15) is 37.6 Å². The second-order valence-corrected chi connectivity index (χ2v) is 4.28. The molecule has 5 nitrogen and oxygen atoms in total. The Hall–Kier alpha value is -1.62. The third kappa shape index (κ3) is 4.33. The fraction of sp³-hybridized carbons (Fsp3) is 0.538. The molecule has 0 aromatic carbocycles. The zero-order valence-corrected chi connectivity index (χ0v) is 11.0. The average Bonchev–Trinajstić information content (AvgIpc) is 2.38. The lowest BCUT2D eigenvalue weighted by Crippen LogP contribution is -2.35. The second-order valence-electron chi connectivity index (χ2n) is 4.28. The molecule has 0 saturated carbocycles. The van der Waals surface area contributed by atoms with Crippen LogP contribution in [0.4, 0.5) is 0 Å². The number of pyridine rings is 1. The van der Waals surface area contributed by atoms with Crippen molar-refractivity contribution >= 4 is 5.91 Å². The quantitative estimate of drug-likeness (QED) is 0.802. The summed E-state index contributed by atoms with van der Waals surface area (Å²) in [5, 5.41) is 11.6. The number of hydrogen-bond acceptors (Lipinski definition) is 4. The molecule has 0 aliphatic carbocycles. The van der Waals surface area contributed by atoms with Crippen LogP contribution in [0.3, 0.4) is 0 Å². The van der Waals surface area contributed by atoms with Gasteiger partial charge >= 0.3 is 0 Å². The van der Waals surface area contributed by atoms with E-state index in [0.29, 0.717) is 11.4 Å². The van der Waals surface area contributed by atoms with Crippen molar-refractivity contribution in [2.24, 2.45) is 0 Å². The van der Waals surface area contributed by atoms with Gasteiger partial charge in [-0.2, -0.15) is 0 Å². The predicted molar refractivity (Wildman–Crippen MR) is 68.6 cm³/mol. The Kier molecular flexibility index (Phi) is 5.58. The van der Waals surface area contributed by atoms with Gasteiger partial charge < -0.3 is 15.2 Å². The van der Waals surface area contributed by atoms with Gasteiger partial charge in [0.15, 0.2) is 0 Å². The van der Waals surface area contributed by atoms with E-state index < -0.39 is 0 Å². The highest BCUT2D eigenvalue weighted by atomic mass is 16.5. The number of ether oxygens (including phenoxy) is 1.